The first-order valence-corrected chi connectivity index (χ1v) is 8.10. The molecule has 0 aliphatic carbocycles. The maximum Gasteiger partial charge on any atom is 0.253 e. The second kappa shape index (κ2) is 7.42. The Balaban J connectivity index is 2.09. The molecular formula is C15H15Cl2FN2OS. The van der Waals surface area contributed by atoms with Crippen LogP contribution in [-0.4, -0.2) is 31.4 Å². The van der Waals surface area contributed by atoms with Crippen molar-refractivity contribution in [2.75, 3.05) is 20.6 Å². The highest BCUT2D eigenvalue weighted by Crippen LogP contribution is 2.31. The number of benzene rings is 1. The molecule has 1 aromatic carbocycles. The topological polar surface area (TPSA) is 32.3 Å². The zero-order valence-corrected chi connectivity index (χ0v) is 14.4. The Labute approximate surface area is 142 Å². The van der Waals surface area contributed by atoms with Gasteiger partial charge in [0.2, 0.25) is 0 Å². The summed E-state index contributed by atoms with van der Waals surface area (Å²) < 4.78 is 14.2. The SMILES string of the molecule is CN(C)C(CNC(=O)c1cc(Cl)sc1Cl)c1cccc(F)c1. The van der Waals surface area contributed by atoms with E-state index in [0.29, 0.717) is 20.8 Å². The molecule has 1 atom stereocenters. The Morgan fingerprint density at radius 3 is 2.64 bits per heavy atom. The predicted molar refractivity (Wildman–Crippen MR) is 89.5 cm³/mol. The number of halogens is 3. The third-order valence-corrected chi connectivity index (χ3v) is 4.70. The Kier molecular flexibility index (Phi) is 5.81. The molecule has 0 fully saturated rings. The molecule has 1 heterocycles. The summed E-state index contributed by atoms with van der Waals surface area (Å²) >= 11 is 13.0. The van der Waals surface area contributed by atoms with E-state index in [9.17, 15) is 9.18 Å². The van der Waals surface area contributed by atoms with E-state index >= 15 is 0 Å². The van der Waals surface area contributed by atoms with E-state index in [-0.39, 0.29) is 17.8 Å². The zero-order chi connectivity index (χ0) is 16.3. The summed E-state index contributed by atoms with van der Waals surface area (Å²) in [7, 11) is 3.74. The van der Waals surface area contributed by atoms with Crippen LogP contribution in [0.5, 0.6) is 0 Å². The molecule has 0 aliphatic rings. The van der Waals surface area contributed by atoms with Gasteiger partial charge in [0.1, 0.15) is 10.2 Å². The van der Waals surface area contributed by atoms with E-state index < -0.39 is 0 Å². The fourth-order valence-corrected chi connectivity index (χ4v) is 3.55. The predicted octanol–water partition coefficient (Wildman–Crippen LogP) is 4.23. The van der Waals surface area contributed by atoms with Gasteiger partial charge in [-0.2, -0.15) is 0 Å². The highest BCUT2D eigenvalue weighted by Gasteiger charge is 2.18. The number of carbonyl (C=O) groups is 1. The maximum atomic E-state index is 13.4. The highest BCUT2D eigenvalue weighted by atomic mass is 35.5. The third kappa shape index (κ3) is 4.20. The van der Waals surface area contributed by atoms with E-state index in [1.54, 1.807) is 6.07 Å². The van der Waals surface area contributed by atoms with E-state index in [0.717, 1.165) is 16.9 Å². The first-order chi connectivity index (χ1) is 10.4. The summed E-state index contributed by atoms with van der Waals surface area (Å²) in [5, 5.41) is 2.81. The van der Waals surface area contributed by atoms with E-state index in [4.69, 9.17) is 23.2 Å². The van der Waals surface area contributed by atoms with E-state index in [1.807, 2.05) is 25.1 Å². The molecule has 1 aromatic heterocycles. The van der Waals surface area contributed by atoms with Gasteiger partial charge < -0.3 is 10.2 Å². The van der Waals surface area contributed by atoms with Crippen molar-refractivity contribution >= 4 is 40.4 Å². The summed E-state index contributed by atoms with van der Waals surface area (Å²) in [6, 6.07) is 7.73. The van der Waals surface area contributed by atoms with Crippen molar-refractivity contribution in [3.05, 3.63) is 55.9 Å². The molecule has 2 aromatic rings. The lowest BCUT2D eigenvalue weighted by molar-refractivity contribution is 0.0942. The van der Waals surface area contributed by atoms with Crippen LogP contribution >= 0.6 is 34.5 Å². The average Bonchev–Trinajstić information content (AvgIpc) is 2.77. The van der Waals surface area contributed by atoms with Crippen LogP contribution in [0.4, 0.5) is 4.39 Å². The van der Waals surface area contributed by atoms with Crippen molar-refractivity contribution in [3.8, 4) is 0 Å². The van der Waals surface area contributed by atoms with Crippen molar-refractivity contribution in [1.82, 2.24) is 10.2 Å². The van der Waals surface area contributed by atoms with Gasteiger partial charge in [-0.05, 0) is 37.9 Å². The normalized spacial score (nSPS) is 12.5. The van der Waals surface area contributed by atoms with Crippen molar-refractivity contribution in [2.45, 2.75) is 6.04 Å². The van der Waals surface area contributed by atoms with E-state index in [2.05, 4.69) is 5.32 Å². The minimum Gasteiger partial charge on any atom is -0.350 e. The van der Waals surface area contributed by atoms with Crippen LogP contribution in [0.15, 0.2) is 30.3 Å². The molecule has 3 nitrogen and oxygen atoms in total. The molecule has 0 spiro atoms. The number of hydrogen-bond donors (Lipinski definition) is 1. The van der Waals surface area contributed by atoms with Crippen LogP contribution in [0.3, 0.4) is 0 Å². The van der Waals surface area contributed by atoms with Crippen LogP contribution in [-0.2, 0) is 0 Å². The second-order valence-corrected chi connectivity index (χ2v) is 7.27. The van der Waals surface area contributed by atoms with Gasteiger partial charge in [0.15, 0.2) is 0 Å². The minimum absolute atomic E-state index is 0.146. The average molecular weight is 361 g/mol. The smallest absolute Gasteiger partial charge is 0.253 e. The summed E-state index contributed by atoms with van der Waals surface area (Å²) in [6.45, 7) is 0.332. The largest absolute Gasteiger partial charge is 0.350 e. The second-order valence-electron chi connectivity index (χ2n) is 4.98. The van der Waals surface area contributed by atoms with Crippen LogP contribution in [0, 0.1) is 5.82 Å². The number of thiophene rings is 1. The highest BCUT2D eigenvalue weighted by molar-refractivity contribution is 7.20. The number of rotatable bonds is 5. The minimum atomic E-state index is -0.302. The van der Waals surface area contributed by atoms with Gasteiger partial charge in [0.25, 0.3) is 5.91 Å². The maximum absolute atomic E-state index is 13.4. The molecule has 0 bridgehead atoms. The van der Waals surface area contributed by atoms with Crippen LogP contribution in [0.2, 0.25) is 8.67 Å². The summed E-state index contributed by atoms with van der Waals surface area (Å²) in [5.41, 5.74) is 1.15. The van der Waals surface area contributed by atoms with Crippen LogP contribution in [0.1, 0.15) is 22.0 Å². The van der Waals surface area contributed by atoms with Gasteiger partial charge in [0, 0.05) is 6.54 Å². The van der Waals surface area contributed by atoms with Gasteiger partial charge in [-0.3, -0.25) is 4.79 Å². The number of likely N-dealkylation sites (N-methyl/N-ethyl adjacent to an activating group) is 1. The zero-order valence-electron chi connectivity index (χ0n) is 12.1. The van der Waals surface area contributed by atoms with Crippen molar-refractivity contribution < 1.29 is 9.18 Å². The molecule has 1 unspecified atom stereocenters. The fraction of sp³-hybridized carbons (Fsp3) is 0.267. The summed E-state index contributed by atoms with van der Waals surface area (Å²) in [5.74, 6) is -0.597. The number of nitrogens with zero attached hydrogens (tertiary/aromatic N) is 1. The quantitative estimate of drug-likeness (QED) is 0.865. The first-order valence-electron chi connectivity index (χ1n) is 6.53. The van der Waals surface area contributed by atoms with Crippen molar-refractivity contribution in [2.24, 2.45) is 0 Å². The van der Waals surface area contributed by atoms with E-state index in [1.165, 1.54) is 18.2 Å². The molecule has 0 saturated heterocycles. The molecule has 1 N–H and O–H groups in total. The number of nitrogens with one attached hydrogen (secondary N) is 1. The number of carbonyl (C=O) groups excluding carboxylic acids is 1. The molecule has 0 radical (unpaired) electrons. The summed E-state index contributed by atoms with van der Waals surface area (Å²) in [4.78, 5) is 14.1. The van der Waals surface area contributed by atoms with Crippen molar-refractivity contribution in [1.29, 1.82) is 0 Å². The Morgan fingerprint density at radius 1 is 1.36 bits per heavy atom. The molecule has 0 aliphatic heterocycles. The van der Waals surface area contributed by atoms with Gasteiger partial charge in [-0.15, -0.1) is 11.3 Å². The summed E-state index contributed by atoms with van der Waals surface area (Å²) in [6.07, 6.45) is 0. The lowest BCUT2D eigenvalue weighted by Crippen LogP contribution is -2.34. The lowest BCUT2D eigenvalue weighted by atomic mass is 10.1. The number of hydrogen-bond acceptors (Lipinski definition) is 3. The molecule has 1 amide bonds. The third-order valence-electron chi connectivity index (χ3n) is 3.21. The van der Waals surface area contributed by atoms with Gasteiger partial charge in [0.05, 0.1) is 15.9 Å². The first kappa shape index (κ1) is 17.2. The molecular weight excluding hydrogens is 346 g/mol. The van der Waals surface area contributed by atoms with Gasteiger partial charge in [-0.1, -0.05) is 35.3 Å². The molecule has 7 heteroatoms. The Hall–Kier alpha value is -1.14. The molecule has 22 heavy (non-hydrogen) atoms. The Bertz CT molecular complexity index is 675. The lowest BCUT2D eigenvalue weighted by Gasteiger charge is -2.25. The molecule has 0 saturated carbocycles. The van der Waals surface area contributed by atoms with Crippen LogP contribution < -0.4 is 5.32 Å². The molecule has 2 rings (SSSR count). The number of amides is 1. The fourth-order valence-electron chi connectivity index (χ4n) is 2.09. The van der Waals surface area contributed by atoms with Crippen molar-refractivity contribution in [3.63, 3.8) is 0 Å². The van der Waals surface area contributed by atoms with Crippen LogP contribution in [0.25, 0.3) is 0 Å². The van der Waals surface area contributed by atoms with Gasteiger partial charge in [-0.25, -0.2) is 4.39 Å². The standard InChI is InChI=1S/C15H15Cl2FN2OS/c1-20(2)12(9-4-3-5-10(18)6-9)8-19-15(21)11-7-13(16)22-14(11)17/h3-7,12H,8H2,1-2H3,(H,19,21). The Morgan fingerprint density at radius 2 is 2.09 bits per heavy atom. The monoisotopic (exact) mass is 360 g/mol. The van der Waals surface area contributed by atoms with Gasteiger partial charge >= 0.3 is 0 Å². The molecule has 118 valence electrons.